The van der Waals surface area contributed by atoms with Crippen LogP contribution >= 0.6 is 15.9 Å². The van der Waals surface area contributed by atoms with Crippen molar-refractivity contribution in [3.8, 4) is 5.75 Å². The van der Waals surface area contributed by atoms with Gasteiger partial charge < -0.3 is 4.74 Å². The molecule has 0 aliphatic carbocycles. The monoisotopic (exact) mass is 555 g/mol. The number of nitrogens with zero attached hydrogens (tertiary/aromatic N) is 2. The average molecular weight is 556 g/mol. The van der Waals surface area contributed by atoms with Crippen LogP contribution in [0.1, 0.15) is 16.7 Å². The van der Waals surface area contributed by atoms with E-state index in [1.807, 2.05) is 19.1 Å². The molecule has 3 aromatic carbocycles. The molecule has 1 N–H and O–H groups in total. The molecule has 0 aromatic heterocycles. The number of rotatable bonds is 11. The summed E-state index contributed by atoms with van der Waals surface area (Å²) in [5.41, 5.74) is 4.81. The largest absolute Gasteiger partial charge is 0.490 e. The number of hydrogen-bond acceptors (Lipinski definition) is 5. The van der Waals surface area contributed by atoms with Crippen LogP contribution in [0.3, 0.4) is 0 Å². The van der Waals surface area contributed by atoms with E-state index in [0.717, 1.165) is 19.9 Å². The van der Waals surface area contributed by atoms with Gasteiger partial charge in [0.05, 0.1) is 17.7 Å². The quantitative estimate of drug-likeness (QED) is 0.211. The molecule has 0 saturated carbocycles. The van der Waals surface area contributed by atoms with E-state index in [2.05, 4.69) is 33.0 Å². The molecular formula is C26H26BrN3O4S. The van der Waals surface area contributed by atoms with Crippen LogP contribution in [0.5, 0.6) is 5.75 Å². The molecule has 182 valence electrons. The number of nitrogens with one attached hydrogen (secondary N) is 1. The molecule has 0 spiro atoms. The fourth-order valence-electron chi connectivity index (χ4n) is 3.09. The van der Waals surface area contributed by atoms with Gasteiger partial charge in [-0.3, -0.25) is 4.79 Å². The van der Waals surface area contributed by atoms with Gasteiger partial charge in [-0.05, 0) is 54.4 Å². The Labute approximate surface area is 214 Å². The SMILES string of the molecule is C=CCOc1cccc(/C=N\NC(=O)CN(Cc2ccc(Br)cc2)S(=O)(=O)c2ccc(C)cc2)c1. The van der Waals surface area contributed by atoms with Gasteiger partial charge in [0.25, 0.3) is 5.91 Å². The molecule has 35 heavy (non-hydrogen) atoms. The molecule has 0 fully saturated rings. The minimum atomic E-state index is -3.93. The molecule has 3 aromatic rings. The number of carbonyl (C=O) groups excluding carboxylic acids is 1. The second kappa shape index (κ2) is 12.4. The zero-order valence-electron chi connectivity index (χ0n) is 19.2. The predicted molar refractivity (Wildman–Crippen MR) is 141 cm³/mol. The van der Waals surface area contributed by atoms with E-state index in [1.54, 1.807) is 54.6 Å². The molecule has 1 amide bonds. The third kappa shape index (κ3) is 7.88. The highest BCUT2D eigenvalue weighted by atomic mass is 79.9. The van der Waals surface area contributed by atoms with Gasteiger partial charge in [-0.1, -0.05) is 70.5 Å². The van der Waals surface area contributed by atoms with Gasteiger partial charge in [-0.2, -0.15) is 9.41 Å². The third-order valence-electron chi connectivity index (χ3n) is 4.88. The van der Waals surface area contributed by atoms with Gasteiger partial charge in [0.2, 0.25) is 10.0 Å². The highest BCUT2D eigenvalue weighted by molar-refractivity contribution is 9.10. The number of aryl methyl sites for hydroxylation is 1. The van der Waals surface area contributed by atoms with Crippen molar-refractivity contribution in [1.29, 1.82) is 0 Å². The van der Waals surface area contributed by atoms with Crippen molar-refractivity contribution < 1.29 is 17.9 Å². The Kier molecular flexibility index (Phi) is 9.36. The zero-order valence-corrected chi connectivity index (χ0v) is 21.6. The van der Waals surface area contributed by atoms with Crippen LogP contribution in [0.4, 0.5) is 0 Å². The van der Waals surface area contributed by atoms with Gasteiger partial charge in [-0.15, -0.1) is 0 Å². The third-order valence-corrected chi connectivity index (χ3v) is 7.21. The molecule has 0 bridgehead atoms. The van der Waals surface area contributed by atoms with E-state index in [-0.39, 0.29) is 11.4 Å². The Hall–Kier alpha value is -3.27. The summed E-state index contributed by atoms with van der Waals surface area (Å²) in [5.74, 6) is 0.0816. The minimum Gasteiger partial charge on any atom is -0.490 e. The summed E-state index contributed by atoms with van der Waals surface area (Å²) in [5, 5.41) is 3.97. The van der Waals surface area contributed by atoms with Gasteiger partial charge in [0, 0.05) is 11.0 Å². The molecular weight excluding hydrogens is 530 g/mol. The van der Waals surface area contributed by atoms with Crippen molar-refractivity contribution in [2.24, 2.45) is 5.10 Å². The molecule has 0 saturated heterocycles. The lowest BCUT2D eigenvalue weighted by Crippen LogP contribution is -2.39. The molecule has 7 nitrogen and oxygen atoms in total. The van der Waals surface area contributed by atoms with Crippen LogP contribution in [0, 0.1) is 6.92 Å². The van der Waals surface area contributed by atoms with Crippen molar-refractivity contribution in [3.63, 3.8) is 0 Å². The molecule has 3 rings (SSSR count). The number of amides is 1. The zero-order chi connectivity index (χ0) is 25.3. The lowest BCUT2D eigenvalue weighted by atomic mass is 10.2. The molecule has 0 radical (unpaired) electrons. The summed E-state index contributed by atoms with van der Waals surface area (Å²) in [6, 6.07) is 21.0. The Balaban J connectivity index is 1.74. The van der Waals surface area contributed by atoms with E-state index < -0.39 is 22.5 Å². The van der Waals surface area contributed by atoms with Crippen LogP contribution in [0.15, 0.2) is 99.9 Å². The normalized spacial score (nSPS) is 11.5. The minimum absolute atomic E-state index is 0.0311. The fourth-order valence-corrected chi connectivity index (χ4v) is 4.74. The Morgan fingerprint density at radius 3 is 2.51 bits per heavy atom. The van der Waals surface area contributed by atoms with Crippen molar-refractivity contribution >= 4 is 38.1 Å². The first-order chi connectivity index (χ1) is 16.8. The summed E-state index contributed by atoms with van der Waals surface area (Å²) in [6.45, 7) is 5.50. The summed E-state index contributed by atoms with van der Waals surface area (Å²) in [4.78, 5) is 12.8. The van der Waals surface area contributed by atoms with E-state index in [1.165, 1.54) is 18.3 Å². The first-order valence-electron chi connectivity index (χ1n) is 10.7. The van der Waals surface area contributed by atoms with Gasteiger partial charge in [0.1, 0.15) is 12.4 Å². The highest BCUT2D eigenvalue weighted by Crippen LogP contribution is 2.20. The van der Waals surface area contributed by atoms with Crippen LogP contribution in [0.25, 0.3) is 0 Å². The molecule has 9 heteroatoms. The fraction of sp³-hybridized carbons (Fsp3) is 0.154. The summed E-state index contributed by atoms with van der Waals surface area (Å²) in [7, 11) is -3.93. The maximum Gasteiger partial charge on any atom is 0.255 e. The number of benzene rings is 3. The van der Waals surface area contributed by atoms with Crippen molar-refractivity contribution in [1.82, 2.24) is 9.73 Å². The second-order valence-corrected chi connectivity index (χ2v) is 10.5. The Morgan fingerprint density at radius 2 is 1.83 bits per heavy atom. The number of carbonyl (C=O) groups is 1. The Bertz CT molecular complexity index is 1290. The van der Waals surface area contributed by atoms with Crippen LogP contribution in [-0.2, 0) is 21.4 Å². The summed E-state index contributed by atoms with van der Waals surface area (Å²) < 4.78 is 34.2. The van der Waals surface area contributed by atoms with Crippen LogP contribution < -0.4 is 10.2 Å². The first kappa shape index (κ1) is 26.3. The Morgan fingerprint density at radius 1 is 1.11 bits per heavy atom. The van der Waals surface area contributed by atoms with E-state index in [4.69, 9.17) is 4.74 Å². The molecule has 0 aliphatic heterocycles. The van der Waals surface area contributed by atoms with Gasteiger partial charge in [-0.25, -0.2) is 13.8 Å². The van der Waals surface area contributed by atoms with Gasteiger partial charge >= 0.3 is 0 Å². The highest BCUT2D eigenvalue weighted by Gasteiger charge is 2.27. The van der Waals surface area contributed by atoms with E-state index in [0.29, 0.717) is 17.9 Å². The van der Waals surface area contributed by atoms with Crippen molar-refractivity contribution in [2.75, 3.05) is 13.2 Å². The predicted octanol–water partition coefficient (Wildman–Crippen LogP) is 4.66. The maximum atomic E-state index is 13.3. The first-order valence-corrected chi connectivity index (χ1v) is 13.0. The number of hydrazone groups is 1. The van der Waals surface area contributed by atoms with Crippen molar-refractivity contribution in [3.05, 3.63) is 107 Å². The standard InChI is InChI=1S/C26H26BrN3O4S/c1-3-15-34-24-6-4-5-22(16-24)17-28-29-26(31)19-30(18-21-9-11-23(27)12-10-21)35(32,33)25-13-7-20(2)8-14-25/h3-14,16-17H,1,15,18-19H2,2H3,(H,29,31)/b28-17-. The number of halogens is 1. The lowest BCUT2D eigenvalue weighted by Gasteiger charge is -2.21. The van der Waals surface area contributed by atoms with Crippen LogP contribution in [0.2, 0.25) is 0 Å². The molecule has 0 heterocycles. The van der Waals surface area contributed by atoms with E-state index >= 15 is 0 Å². The summed E-state index contributed by atoms with van der Waals surface area (Å²) >= 11 is 3.38. The summed E-state index contributed by atoms with van der Waals surface area (Å²) in [6.07, 6.45) is 3.11. The smallest absolute Gasteiger partial charge is 0.255 e. The van der Waals surface area contributed by atoms with Crippen LogP contribution in [-0.4, -0.2) is 38.0 Å². The second-order valence-electron chi connectivity index (χ2n) is 7.68. The van der Waals surface area contributed by atoms with Gasteiger partial charge in [0.15, 0.2) is 0 Å². The lowest BCUT2D eigenvalue weighted by molar-refractivity contribution is -0.121. The topological polar surface area (TPSA) is 88.1 Å². The number of hydrogen-bond donors (Lipinski definition) is 1. The molecule has 0 unspecified atom stereocenters. The van der Waals surface area contributed by atoms with E-state index in [9.17, 15) is 13.2 Å². The number of ether oxygens (including phenoxy) is 1. The molecule has 0 aliphatic rings. The average Bonchev–Trinajstić information content (AvgIpc) is 2.84. The van der Waals surface area contributed by atoms with Crippen molar-refractivity contribution in [2.45, 2.75) is 18.4 Å². The number of sulfonamides is 1. The maximum absolute atomic E-state index is 13.3. The molecule has 0 atom stereocenters.